The second-order valence-electron chi connectivity index (χ2n) is 9.71. The number of carbonyl (C=O) groups excluding carboxylic acids is 1. The van der Waals surface area contributed by atoms with Crippen LogP contribution in [-0.4, -0.2) is 55.4 Å². The second kappa shape index (κ2) is 10.9. The molecule has 5 rings (SSSR count). The lowest BCUT2D eigenvalue weighted by Crippen LogP contribution is -2.52. The van der Waals surface area contributed by atoms with E-state index in [0.29, 0.717) is 24.2 Å². The number of para-hydroxylation sites is 2. The molecular formula is C27H30N6O5S. The van der Waals surface area contributed by atoms with Crippen molar-refractivity contribution in [1.29, 1.82) is 5.41 Å². The average Bonchev–Trinajstić information content (AvgIpc) is 3.25. The van der Waals surface area contributed by atoms with Crippen LogP contribution < -0.4 is 21.5 Å². The zero-order chi connectivity index (χ0) is 27.6. The first-order valence-electron chi connectivity index (χ1n) is 12.7. The third-order valence-electron chi connectivity index (χ3n) is 7.01. The van der Waals surface area contributed by atoms with Gasteiger partial charge in [-0.25, -0.2) is 13.2 Å². The molecule has 1 aliphatic rings. The Kier molecular flexibility index (Phi) is 7.40. The molecular weight excluding hydrogens is 520 g/mol. The van der Waals surface area contributed by atoms with E-state index in [2.05, 4.69) is 10.0 Å². The van der Waals surface area contributed by atoms with Gasteiger partial charge in [0.25, 0.3) is 0 Å². The molecule has 1 amide bonds. The molecule has 11 nitrogen and oxygen atoms in total. The third-order valence-corrected chi connectivity index (χ3v) is 8.48. The molecule has 1 aromatic heterocycles. The Balaban J connectivity index is 1.41. The monoisotopic (exact) mass is 550 g/mol. The highest BCUT2D eigenvalue weighted by atomic mass is 32.2. The molecule has 1 fully saturated rings. The first-order valence-corrected chi connectivity index (χ1v) is 14.2. The topological polar surface area (TPSA) is 164 Å². The Morgan fingerprint density at radius 2 is 1.85 bits per heavy atom. The quantitative estimate of drug-likeness (QED) is 0.192. The summed E-state index contributed by atoms with van der Waals surface area (Å²) in [6, 6.07) is 17.6. The zero-order valence-electron chi connectivity index (χ0n) is 21.2. The molecule has 3 aromatic carbocycles. The number of sulfonamides is 1. The van der Waals surface area contributed by atoms with E-state index in [0.717, 1.165) is 23.6 Å². The summed E-state index contributed by atoms with van der Waals surface area (Å²) < 4.78 is 35.9. The van der Waals surface area contributed by atoms with Gasteiger partial charge in [0.2, 0.25) is 15.9 Å². The van der Waals surface area contributed by atoms with Gasteiger partial charge in [-0.05, 0) is 53.8 Å². The van der Waals surface area contributed by atoms with Gasteiger partial charge in [0, 0.05) is 19.6 Å². The molecule has 5 N–H and O–H groups in total. The number of amides is 1. The molecule has 0 bridgehead atoms. The summed E-state index contributed by atoms with van der Waals surface area (Å²) in [6.07, 6.45) is 1.66. The zero-order valence-corrected chi connectivity index (χ0v) is 22.0. The summed E-state index contributed by atoms with van der Waals surface area (Å²) in [4.78, 5) is 27.8. The largest absolute Gasteiger partial charge is 0.420 e. The number of piperidine rings is 1. The van der Waals surface area contributed by atoms with Crippen molar-refractivity contribution in [3.05, 3.63) is 77.3 Å². The van der Waals surface area contributed by atoms with Crippen molar-refractivity contribution in [2.75, 3.05) is 19.6 Å². The van der Waals surface area contributed by atoms with Crippen molar-refractivity contribution in [2.24, 2.45) is 11.7 Å². The number of nitrogens with zero attached hydrogens (tertiary/aromatic N) is 2. The number of benzene rings is 3. The van der Waals surface area contributed by atoms with E-state index >= 15 is 0 Å². The number of likely N-dealkylation sites (tertiary alicyclic amines) is 1. The van der Waals surface area contributed by atoms with Crippen LogP contribution >= 0.6 is 0 Å². The normalized spacial score (nSPS) is 16.8. The lowest BCUT2D eigenvalue weighted by atomic mass is 9.98. The fourth-order valence-corrected chi connectivity index (χ4v) is 6.17. The minimum Gasteiger partial charge on any atom is -0.408 e. The molecule has 4 aromatic rings. The number of carbonyl (C=O) groups is 1. The fraction of sp³-hybridized carbons (Fsp3) is 0.296. The molecule has 0 aliphatic carbocycles. The molecule has 2 atom stereocenters. The molecule has 1 saturated heterocycles. The molecule has 2 heterocycles. The molecule has 0 saturated carbocycles. The molecule has 0 spiro atoms. The van der Waals surface area contributed by atoms with Crippen LogP contribution in [0.3, 0.4) is 0 Å². The number of aromatic nitrogens is 1. The molecule has 204 valence electrons. The molecule has 12 heteroatoms. The smallest absolute Gasteiger partial charge is 0.408 e. The number of oxazole rings is 1. The van der Waals surface area contributed by atoms with Crippen molar-refractivity contribution in [3.63, 3.8) is 0 Å². The minimum atomic E-state index is -4.14. The number of rotatable bonds is 8. The Bertz CT molecular complexity index is 1700. The average molecular weight is 551 g/mol. The number of guanidine groups is 1. The fourth-order valence-electron chi connectivity index (χ4n) is 4.95. The van der Waals surface area contributed by atoms with Gasteiger partial charge in [0.05, 0.1) is 17.0 Å². The lowest BCUT2D eigenvalue weighted by molar-refractivity contribution is -0.123. The van der Waals surface area contributed by atoms with Crippen LogP contribution in [0.25, 0.3) is 21.9 Å². The van der Waals surface area contributed by atoms with Gasteiger partial charge in [-0.15, -0.1) is 0 Å². The van der Waals surface area contributed by atoms with E-state index in [1.165, 1.54) is 10.6 Å². The first-order chi connectivity index (χ1) is 18.7. The predicted octanol–water partition coefficient (Wildman–Crippen LogP) is 1.82. The van der Waals surface area contributed by atoms with Crippen molar-refractivity contribution in [2.45, 2.75) is 30.3 Å². The molecule has 0 radical (unpaired) electrons. The standard InChI is InChI=1S/C27H30N6O5S/c28-26(29)32-13-5-6-18(16-32)15-30-25(34)22(17-33-23-9-3-4-10-24(23)38-27(33)35)31-39(36,37)21-12-11-19-7-1-2-8-20(19)14-21/h1-4,7-12,14,18,22,31H,5-6,13,15-17H2,(H3,28,29)(H,30,34)/t18?,22-/m1/s1. The van der Waals surface area contributed by atoms with Crippen LogP contribution in [0.4, 0.5) is 0 Å². The van der Waals surface area contributed by atoms with Crippen LogP contribution in [0.5, 0.6) is 0 Å². The predicted molar refractivity (Wildman–Crippen MR) is 148 cm³/mol. The third kappa shape index (κ3) is 5.81. The summed E-state index contributed by atoms with van der Waals surface area (Å²) in [6.45, 7) is 1.22. The highest BCUT2D eigenvalue weighted by Gasteiger charge is 2.29. The molecule has 1 unspecified atom stereocenters. The van der Waals surface area contributed by atoms with Crippen LogP contribution in [0, 0.1) is 11.3 Å². The van der Waals surface area contributed by atoms with Crippen molar-refractivity contribution in [3.8, 4) is 0 Å². The van der Waals surface area contributed by atoms with Gasteiger partial charge in [0.1, 0.15) is 6.04 Å². The Labute approximate surface area is 225 Å². The van der Waals surface area contributed by atoms with Gasteiger partial charge in [-0.3, -0.25) is 14.8 Å². The van der Waals surface area contributed by atoms with E-state index < -0.39 is 27.7 Å². The second-order valence-corrected chi connectivity index (χ2v) is 11.4. The van der Waals surface area contributed by atoms with Crippen molar-refractivity contribution in [1.82, 2.24) is 19.5 Å². The maximum Gasteiger partial charge on any atom is 0.420 e. The van der Waals surface area contributed by atoms with Crippen LogP contribution in [0.15, 0.2) is 80.8 Å². The Morgan fingerprint density at radius 3 is 2.64 bits per heavy atom. The summed E-state index contributed by atoms with van der Waals surface area (Å²) in [7, 11) is -4.14. The van der Waals surface area contributed by atoms with Crippen LogP contribution in [-0.2, 0) is 21.4 Å². The summed E-state index contributed by atoms with van der Waals surface area (Å²) >= 11 is 0. The summed E-state index contributed by atoms with van der Waals surface area (Å²) in [5, 5.41) is 12.2. The van der Waals surface area contributed by atoms with Gasteiger partial charge in [0.15, 0.2) is 11.5 Å². The maximum atomic E-state index is 13.4. The van der Waals surface area contributed by atoms with Crippen LogP contribution in [0.2, 0.25) is 0 Å². The highest BCUT2D eigenvalue weighted by molar-refractivity contribution is 7.89. The number of hydrogen-bond acceptors (Lipinski definition) is 6. The first kappa shape index (κ1) is 26.4. The van der Waals surface area contributed by atoms with E-state index in [4.69, 9.17) is 15.6 Å². The van der Waals surface area contributed by atoms with E-state index in [1.54, 1.807) is 41.3 Å². The van der Waals surface area contributed by atoms with Gasteiger partial charge in [-0.2, -0.15) is 4.72 Å². The molecule has 1 aliphatic heterocycles. The number of hydrogen-bond donors (Lipinski definition) is 4. The van der Waals surface area contributed by atoms with E-state index in [-0.39, 0.29) is 29.9 Å². The molecule has 39 heavy (non-hydrogen) atoms. The number of fused-ring (bicyclic) bond motifs is 2. The highest BCUT2D eigenvalue weighted by Crippen LogP contribution is 2.20. The van der Waals surface area contributed by atoms with E-state index in [1.807, 2.05) is 24.3 Å². The van der Waals surface area contributed by atoms with Gasteiger partial charge >= 0.3 is 5.76 Å². The Morgan fingerprint density at radius 1 is 1.10 bits per heavy atom. The van der Waals surface area contributed by atoms with E-state index in [9.17, 15) is 18.0 Å². The van der Waals surface area contributed by atoms with Crippen LogP contribution in [0.1, 0.15) is 12.8 Å². The van der Waals surface area contributed by atoms with Crippen molar-refractivity contribution >= 4 is 43.8 Å². The number of nitrogens with two attached hydrogens (primary N) is 1. The maximum absolute atomic E-state index is 13.4. The van der Waals surface area contributed by atoms with Gasteiger partial charge in [-0.1, -0.05) is 42.5 Å². The Hall–Kier alpha value is -4.16. The van der Waals surface area contributed by atoms with Crippen molar-refractivity contribution < 1.29 is 17.6 Å². The summed E-state index contributed by atoms with van der Waals surface area (Å²) in [5.74, 6) is -1.24. The summed E-state index contributed by atoms with van der Waals surface area (Å²) in [5.41, 5.74) is 6.42. The van der Waals surface area contributed by atoms with Gasteiger partial charge < -0.3 is 20.4 Å². The lowest BCUT2D eigenvalue weighted by Gasteiger charge is -2.33. The SMILES string of the molecule is N=C(N)N1CCCC(CNC(=O)[C@@H](Cn2c(=O)oc3ccccc32)NS(=O)(=O)c2ccc3ccccc3c2)C1. The minimum absolute atomic E-state index is 0.00720. The number of nitrogens with one attached hydrogen (secondary N) is 3.